The van der Waals surface area contributed by atoms with Crippen LogP contribution in [0, 0.1) is 59.2 Å². The predicted octanol–water partition coefficient (Wildman–Crippen LogP) is 10.0. The van der Waals surface area contributed by atoms with Gasteiger partial charge in [0.25, 0.3) is 0 Å². The first kappa shape index (κ1) is 33.1. The summed E-state index contributed by atoms with van der Waals surface area (Å²) in [5, 5.41) is 7.68. The van der Waals surface area contributed by atoms with Crippen LogP contribution in [0.15, 0.2) is 29.4 Å². The molecule has 248 valence electrons. The first-order chi connectivity index (χ1) is 21.3. The minimum absolute atomic E-state index is 0.0123. The van der Waals surface area contributed by atoms with Gasteiger partial charge in [0.1, 0.15) is 4.87 Å². The van der Waals surface area contributed by atoms with Crippen molar-refractivity contribution < 1.29 is 9.59 Å². The number of benzene rings is 1. The zero-order chi connectivity index (χ0) is 32.3. The van der Waals surface area contributed by atoms with Crippen molar-refractivity contribution in [3.05, 3.63) is 29.8 Å². The number of rotatable bonds is 6. The minimum Gasteiger partial charge on any atom is -0.274 e. The topological polar surface area (TPSA) is 53.0 Å². The number of hydrogen-bond acceptors (Lipinski definition) is 4. The Balaban J connectivity index is 1.37. The molecule has 0 unspecified atom stereocenters. The molecule has 9 atom stereocenters. The third kappa shape index (κ3) is 5.51. The molecule has 0 radical (unpaired) electrons. The highest BCUT2D eigenvalue weighted by Gasteiger charge is 2.69. The standard InChI is InChI=1S/C39H59N3O2S/c1-25(2)13-11-15-27(4)32-18-19-33-31-24-39(35-17-9-10-21-38(35,8)34(31)20-22-37(32,33)7)42(29(6)44)40-36(45-39)41(28(5)43)30-16-12-14-26(3)23-30/h12,14,16,23,25,27,31-35H,9-11,13,15,17-22,24H2,1-8H3/t27-,31+,32-,33+,34+,35+,37-,38-,39-/m1/s1. The summed E-state index contributed by atoms with van der Waals surface area (Å²) in [6, 6.07) is 8.12. The van der Waals surface area contributed by atoms with Crippen molar-refractivity contribution in [1.29, 1.82) is 0 Å². The van der Waals surface area contributed by atoms with E-state index in [4.69, 9.17) is 5.10 Å². The number of carbonyl (C=O) groups is 2. The highest BCUT2D eigenvalue weighted by Crippen LogP contribution is 2.72. The largest absolute Gasteiger partial charge is 0.274 e. The van der Waals surface area contributed by atoms with E-state index in [0.29, 0.717) is 34.3 Å². The molecule has 45 heavy (non-hydrogen) atoms. The molecule has 6 rings (SSSR count). The van der Waals surface area contributed by atoms with E-state index < -0.39 is 4.87 Å². The Kier molecular flexibility index (Phi) is 9.06. The Morgan fingerprint density at radius 2 is 1.76 bits per heavy atom. The lowest BCUT2D eigenvalue weighted by molar-refractivity contribution is -0.165. The highest BCUT2D eigenvalue weighted by molar-refractivity contribution is 8.15. The van der Waals surface area contributed by atoms with Crippen LogP contribution in [-0.2, 0) is 9.59 Å². The summed E-state index contributed by atoms with van der Waals surface area (Å²) in [5.41, 5.74) is 2.50. The summed E-state index contributed by atoms with van der Waals surface area (Å²) < 4.78 is 0. The number of hydrazone groups is 1. The van der Waals surface area contributed by atoms with Gasteiger partial charge in [0.2, 0.25) is 11.8 Å². The fraction of sp³-hybridized carbons (Fsp3) is 0.769. The molecule has 1 aliphatic heterocycles. The molecule has 4 saturated carbocycles. The van der Waals surface area contributed by atoms with Crippen molar-refractivity contribution in [2.75, 3.05) is 4.90 Å². The number of thioether (sulfide) groups is 1. The van der Waals surface area contributed by atoms with Crippen LogP contribution in [0.5, 0.6) is 0 Å². The van der Waals surface area contributed by atoms with Gasteiger partial charge in [0, 0.05) is 13.8 Å². The van der Waals surface area contributed by atoms with Gasteiger partial charge in [-0.05, 0) is 122 Å². The molecule has 1 aromatic rings. The summed E-state index contributed by atoms with van der Waals surface area (Å²) in [6.07, 6.45) is 15.3. The molecule has 4 fully saturated rings. The number of amidine groups is 1. The van der Waals surface area contributed by atoms with Crippen LogP contribution in [0.4, 0.5) is 5.69 Å². The molecule has 4 aliphatic carbocycles. The lowest BCUT2D eigenvalue weighted by Gasteiger charge is -2.66. The normalized spacial score (nSPS) is 38.0. The monoisotopic (exact) mass is 633 g/mol. The van der Waals surface area contributed by atoms with Gasteiger partial charge in [-0.2, -0.15) is 0 Å². The van der Waals surface area contributed by atoms with Crippen LogP contribution in [-0.4, -0.2) is 26.9 Å². The molecular formula is C39H59N3O2S. The summed E-state index contributed by atoms with van der Waals surface area (Å²) in [6.45, 7) is 17.9. The Hall–Kier alpha value is -1.82. The van der Waals surface area contributed by atoms with Crippen LogP contribution in [0.2, 0.25) is 0 Å². The number of aryl methyl sites for hydroxylation is 1. The van der Waals surface area contributed by atoms with Crippen LogP contribution in [0.3, 0.4) is 0 Å². The molecule has 1 spiro atoms. The predicted molar refractivity (Wildman–Crippen MR) is 188 cm³/mol. The van der Waals surface area contributed by atoms with Crippen molar-refractivity contribution in [3.8, 4) is 0 Å². The lowest BCUT2D eigenvalue weighted by Crippen LogP contribution is -2.65. The molecule has 5 aliphatic rings. The van der Waals surface area contributed by atoms with Crippen molar-refractivity contribution >= 4 is 34.4 Å². The number of nitrogens with zero attached hydrogens (tertiary/aromatic N) is 3. The van der Waals surface area contributed by atoms with E-state index in [1.165, 1.54) is 64.2 Å². The SMILES string of the molecule is CC(=O)N(C1=NN(C(C)=O)[C@]2(C[C@H]3[C@@H]4CC[C@H]([C@H](C)CCCC(C)C)[C@@]4(C)CC[C@@H]3[C@@]3(C)CCCC[C@@H]32)S1)c1cccc(C)c1. The van der Waals surface area contributed by atoms with Crippen LogP contribution >= 0.6 is 11.8 Å². The molecular weight excluding hydrogens is 575 g/mol. The minimum atomic E-state index is -0.436. The van der Waals surface area contributed by atoms with Gasteiger partial charge in [0.05, 0.1) is 5.69 Å². The van der Waals surface area contributed by atoms with E-state index in [-0.39, 0.29) is 17.2 Å². The van der Waals surface area contributed by atoms with Crippen LogP contribution < -0.4 is 4.90 Å². The molecule has 0 aromatic heterocycles. The number of carbonyl (C=O) groups excluding carboxylic acids is 2. The quantitative estimate of drug-likeness (QED) is 0.313. The fourth-order valence-corrected chi connectivity index (χ4v) is 13.6. The molecule has 5 nitrogen and oxygen atoms in total. The number of amides is 2. The van der Waals surface area contributed by atoms with Crippen LogP contribution in [0.1, 0.15) is 131 Å². The number of anilines is 1. The second-order valence-electron chi connectivity index (χ2n) is 16.8. The molecule has 0 N–H and O–H groups in total. The maximum absolute atomic E-state index is 13.7. The van der Waals surface area contributed by atoms with E-state index >= 15 is 0 Å². The molecule has 2 amide bonds. The van der Waals surface area contributed by atoms with Crippen molar-refractivity contribution in [2.24, 2.45) is 57.4 Å². The smallest absolute Gasteiger partial charge is 0.240 e. The van der Waals surface area contributed by atoms with Crippen molar-refractivity contribution in [1.82, 2.24) is 5.01 Å². The lowest BCUT2D eigenvalue weighted by atomic mass is 9.43. The van der Waals surface area contributed by atoms with E-state index in [1.54, 1.807) is 30.5 Å². The maximum Gasteiger partial charge on any atom is 0.240 e. The second-order valence-corrected chi connectivity index (χ2v) is 18.0. The second kappa shape index (κ2) is 12.3. The zero-order valence-electron chi connectivity index (χ0n) is 29.4. The van der Waals surface area contributed by atoms with Gasteiger partial charge in [-0.25, -0.2) is 5.01 Å². The maximum atomic E-state index is 13.7. The van der Waals surface area contributed by atoms with E-state index in [1.807, 2.05) is 17.1 Å². The Labute approximate surface area is 277 Å². The van der Waals surface area contributed by atoms with Gasteiger partial charge >= 0.3 is 0 Å². The van der Waals surface area contributed by atoms with Crippen molar-refractivity contribution in [2.45, 2.75) is 137 Å². The fourth-order valence-electron chi connectivity index (χ4n) is 11.8. The van der Waals surface area contributed by atoms with Gasteiger partial charge in [-0.15, -0.1) is 5.10 Å². The van der Waals surface area contributed by atoms with E-state index in [0.717, 1.165) is 41.8 Å². The molecule has 1 heterocycles. The Morgan fingerprint density at radius 1 is 1.00 bits per heavy atom. The molecule has 1 aromatic carbocycles. The molecule has 6 heteroatoms. The third-order valence-electron chi connectivity index (χ3n) is 13.7. The number of fused-ring (bicyclic) bond motifs is 6. The molecule has 0 bridgehead atoms. The van der Waals surface area contributed by atoms with Crippen LogP contribution in [0.25, 0.3) is 0 Å². The van der Waals surface area contributed by atoms with Crippen molar-refractivity contribution in [3.63, 3.8) is 0 Å². The summed E-state index contributed by atoms with van der Waals surface area (Å²) in [5.74, 6) is 4.68. The van der Waals surface area contributed by atoms with E-state index in [9.17, 15) is 9.59 Å². The average molecular weight is 634 g/mol. The third-order valence-corrected chi connectivity index (χ3v) is 15.1. The molecule has 0 saturated heterocycles. The summed E-state index contributed by atoms with van der Waals surface area (Å²) >= 11 is 1.76. The van der Waals surface area contributed by atoms with Gasteiger partial charge < -0.3 is 0 Å². The first-order valence-corrected chi connectivity index (χ1v) is 19.1. The van der Waals surface area contributed by atoms with Gasteiger partial charge in [-0.3, -0.25) is 14.5 Å². The Bertz CT molecular complexity index is 1330. The first-order valence-electron chi connectivity index (χ1n) is 18.3. The van der Waals surface area contributed by atoms with E-state index in [2.05, 4.69) is 53.7 Å². The number of hydrogen-bond donors (Lipinski definition) is 0. The zero-order valence-corrected chi connectivity index (χ0v) is 30.2. The van der Waals surface area contributed by atoms with Gasteiger partial charge in [-0.1, -0.05) is 90.6 Å². The average Bonchev–Trinajstić information content (AvgIpc) is 3.51. The highest BCUT2D eigenvalue weighted by atomic mass is 32.2. The summed E-state index contributed by atoms with van der Waals surface area (Å²) in [7, 11) is 0. The summed E-state index contributed by atoms with van der Waals surface area (Å²) in [4.78, 5) is 28.3. The Morgan fingerprint density at radius 3 is 2.44 bits per heavy atom. The van der Waals surface area contributed by atoms with Gasteiger partial charge in [0.15, 0.2) is 5.17 Å².